The third-order valence-corrected chi connectivity index (χ3v) is 2.64. The van der Waals surface area contributed by atoms with E-state index in [-0.39, 0.29) is 0 Å². The van der Waals surface area contributed by atoms with Crippen LogP contribution >= 0.6 is 11.6 Å². The molecule has 2 heteroatoms. The van der Waals surface area contributed by atoms with Gasteiger partial charge in [0.1, 0.15) is 0 Å². The fourth-order valence-corrected chi connectivity index (χ4v) is 1.99. The van der Waals surface area contributed by atoms with E-state index in [1.807, 2.05) is 18.2 Å². The van der Waals surface area contributed by atoms with Crippen molar-refractivity contribution >= 4 is 17.3 Å². The van der Waals surface area contributed by atoms with Crippen LogP contribution in [0.25, 0.3) is 0 Å². The Morgan fingerprint density at radius 2 is 1.93 bits per heavy atom. The summed E-state index contributed by atoms with van der Waals surface area (Å²) in [4.78, 5) is 0. The van der Waals surface area contributed by atoms with Crippen molar-refractivity contribution in [1.29, 1.82) is 0 Å². The summed E-state index contributed by atoms with van der Waals surface area (Å²) < 4.78 is 0. The maximum atomic E-state index is 5.94. The molecule has 1 aromatic carbocycles. The highest BCUT2D eigenvalue weighted by Gasteiger charge is 2.11. The summed E-state index contributed by atoms with van der Waals surface area (Å²) in [6.45, 7) is 6.64. The topological polar surface area (TPSA) is 26.0 Å². The Morgan fingerprint density at radius 1 is 1.29 bits per heavy atom. The molecule has 1 unspecified atom stereocenters. The smallest absolute Gasteiger partial charge is 0.0410 e. The quantitative estimate of drug-likeness (QED) is 0.750. The lowest BCUT2D eigenvalue weighted by atomic mass is 9.91. The molecule has 1 rings (SSSR count). The first-order valence-corrected chi connectivity index (χ1v) is 5.43. The van der Waals surface area contributed by atoms with Gasteiger partial charge in [0.15, 0.2) is 0 Å². The van der Waals surface area contributed by atoms with Crippen LogP contribution in [0, 0.1) is 5.92 Å². The molecule has 1 aromatic rings. The van der Waals surface area contributed by atoms with E-state index in [2.05, 4.69) is 20.8 Å². The molecule has 0 aliphatic carbocycles. The highest BCUT2D eigenvalue weighted by Crippen LogP contribution is 2.29. The zero-order valence-electron chi connectivity index (χ0n) is 9.05. The number of nitrogens with two attached hydrogens (primary N) is 1. The number of hydrogen-bond acceptors (Lipinski definition) is 1. The molecule has 78 valence electrons. The van der Waals surface area contributed by atoms with Gasteiger partial charge in [-0.2, -0.15) is 0 Å². The monoisotopic (exact) mass is 211 g/mol. The lowest BCUT2D eigenvalue weighted by molar-refractivity contribution is 0.524. The number of nitrogen functional groups attached to an aromatic ring is 1. The van der Waals surface area contributed by atoms with Crippen LogP contribution < -0.4 is 5.73 Å². The molecule has 0 aliphatic heterocycles. The maximum absolute atomic E-state index is 5.94. The zero-order valence-corrected chi connectivity index (χ0v) is 9.81. The number of halogens is 1. The molecule has 0 fully saturated rings. The Morgan fingerprint density at radius 3 is 2.50 bits per heavy atom. The van der Waals surface area contributed by atoms with E-state index in [9.17, 15) is 0 Å². The first kappa shape index (κ1) is 11.4. The van der Waals surface area contributed by atoms with Crippen LogP contribution in [0.15, 0.2) is 18.2 Å². The van der Waals surface area contributed by atoms with Gasteiger partial charge in [-0.3, -0.25) is 0 Å². The molecule has 0 saturated carbocycles. The number of rotatable bonds is 3. The Balaban J connectivity index is 2.88. The Hall–Kier alpha value is -0.690. The second-order valence-corrected chi connectivity index (χ2v) is 4.74. The second-order valence-electron chi connectivity index (χ2n) is 4.30. The SMILES string of the molecule is CC(C)CC(C)c1cc(Cl)ccc1N. The predicted octanol–water partition coefficient (Wildman–Crippen LogP) is 4.07. The average molecular weight is 212 g/mol. The van der Waals surface area contributed by atoms with Crippen molar-refractivity contribution in [3.63, 3.8) is 0 Å². The fourth-order valence-electron chi connectivity index (χ4n) is 1.81. The first-order valence-electron chi connectivity index (χ1n) is 5.05. The normalized spacial score (nSPS) is 13.2. The zero-order chi connectivity index (χ0) is 10.7. The average Bonchev–Trinajstić information content (AvgIpc) is 2.08. The summed E-state index contributed by atoms with van der Waals surface area (Å²) in [7, 11) is 0. The molecule has 2 N–H and O–H groups in total. The van der Waals surface area contributed by atoms with Crippen molar-refractivity contribution in [2.24, 2.45) is 5.92 Å². The Bertz CT molecular complexity index is 307. The summed E-state index contributed by atoms with van der Waals surface area (Å²) in [5.41, 5.74) is 7.93. The highest BCUT2D eigenvalue weighted by atomic mass is 35.5. The van der Waals surface area contributed by atoms with E-state index in [1.54, 1.807) is 0 Å². The van der Waals surface area contributed by atoms with E-state index in [0.717, 1.165) is 17.1 Å². The molecule has 14 heavy (non-hydrogen) atoms. The lowest BCUT2D eigenvalue weighted by Crippen LogP contribution is -2.02. The third-order valence-electron chi connectivity index (χ3n) is 2.40. The van der Waals surface area contributed by atoms with Crippen LogP contribution in [-0.4, -0.2) is 0 Å². The van der Waals surface area contributed by atoms with E-state index in [1.165, 1.54) is 5.56 Å². The Kier molecular flexibility index (Phi) is 3.82. The molecule has 0 radical (unpaired) electrons. The summed E-state index contributed by atoms with van der Waals surface area (Å²) >= 11 is 5.94. The van der Waals surface area contributed by atoms with E-state index >= 15 is 0 Å². The predicted molar refractivity (Wildman–Crippen MR) is 63.7 cm³/mol. The molecule has 0 amide bonds. The van der Waals surface area contributed by atoms with Gasteiger partial charge in [0.25, 0.3) is 0 Å². The minimum absolute atomic E-state index is 0.480. The van der Waals surface area contributed by atoms with Crippen molar-refractivity contribution in [3.05, 3.63) is 28.8 Å². The molecule has 0 heterocycles. The van der Waals surface area contributed by atoms with E-state index < -0.39 is 0 Å². The molecule has 0 saturated heterocycles. The van der Waals surface area contributed by atoms with Gasteiger partial charge >= 0.3 is 0 Å². The summed E-state index contributed by atoms with van der Waals surface area (Å²) in [5, 5.41) is 0.768. The van der Waals surface area contributed by atoms with E-state index in [0.29, 0.717) is 11.8 Å². The number of hydrogen-bond donors (Lipinski definition) is 1. The van der Waals surface area contributed by atoms with Gasteiger partial charge in [0.2, 0.25) is 0 Å². The second kappa shape index (κ2) is 4.70. The molecule has 0 aromatic heterocycles. The maximum Gasteiger partial charge on any atom is 0.0410 e. The van der Waals surface area contributed by atoms with Crippen molar-refractivity contribution in [2.75, 3.05) is 5.73 Å². The largest absolute Gasteiger partial charge is 0.398 e. The van der Waals surface area contributed by atoms with Crippen LogP contribution in [0.4, 0.5) is 5.69 Å². The highest BCUT2D eigenvalue weighted by molar-refractivity contribution is 6.30. The van der Waals surface area contributed by atoms with E-state index in [4.69, 9.17) is 17.3 Å². The first-order chi connectivity index (χ1) is 6.50. The van der Waals surface area contributed by atoms with Crippen LogP contribution in [0.5, 0.6) is 0 Å². The van der Waals surface area contributed by atoms with Crippen molar-refractivity contribution in [3.8, 4) is 0 Å². The number of anilines is 1. The summed E-state index contributed by atoms with van der Waals surface area (Å²) in [5.74, 6) is 1.16. The molecule has 0 aliphatic rings. The molecule has 0 spiro atoms. The molecule has 0 bridgehead atoms. The molecular formula is C12H18ClN. The van der Waals surface area contributed by atoms with Gasteiger partial charge in [-0.15, -0.1) is 0 Å². The van der Waals surface area contributed by atoms with Crippen LogP contribution in [0.2, 0.25) is 5.02 Å². The summed E-state index contributed by atoms with van der Waals surface area (Å²) in [6, 6.07) is 5.70. The van der Waals surface area contributed by atoms with Crippen molar-refractivity contribution in [1.82, 2.24) is 0 Å². The lowest BCUT2D eigenvalue weighted by Gasteiger charge is -2.16. The molecular weight excluding hydrogens is 194 g/mol. The van der Waals surface area contributed by atoms with Gasteiger partial charge < -0.3 is 5.73 Å². The minimum Gasteiger partial charge on any atom is -0.398 e. The fraction of sp³-hybridized carbons (Fsp3) is 0.500. The van der Waals surface area contributed by atoms with Gasteiger partial charge in [-0.25, -0.2) is 0 Å². The number of benzene rings is 1. The summed E-state index contributed by atoms with van der Waals surface area (Å²) in [6.07, 6.45) is 1.14. The van der Waals surface area contributed by atoms with Crippen LogP contribution in [0.3, 0.4) is 0 Å². The van der Waals surface area contributed by atoms with Crippen molar-refractivity contribution in [2.45, 2.75) is 33.1 Å². The minimum atomic E-state index is 0.480. The van der Waals surface area contributed by atoms with Crippen LogP contribution in [0.1, 0.15) is 38.7 Å². The van der Waals surface area contributed by atoms with Gasteiger partial charge in [0, 0.05) is 10.7 Å². The van der Waals surface area contributed by atoms with Gasteiger partial charge in [-0.05, 0) is 42.0 Å². The molecule has 1 nitrogen and oxygen atoms in total. The van der Waals surface area contributed by atoms with Gasteiger partial charge in [0.05, 0.1) is 0 Å². The van der Waals surface area contributed by atoms with Crippen molar-refractivity contribution < 1.29 is 0 Å². The third kappa shape index (κ3) is 2.91. The van der Waals surface area contributed by atoms with Gasteiger partial charge in [-0.1, -0.05) is 32.4 Å². The van der Waals surface area contributed by atoms with Crippen LogP contribution in [-0.2, 0) is 0 Å². The Labute approximate surface area is 91.3 Å². The molecule has 1 atom stereocenters. The standard InChI is InChI=1S/C12H18ClN/c1-8(2)6-9(3)11-7-10(13)4-5-12(11)14/h4-5,7-9H,6,14H2,1-3H3.